The van der Waals surface area contributed by atoms with E-state index in [0.717, 1.165) is 0 Å². The molecular weight excluding hydrogens is 278 g/mol. The van der Waals surface area contributed by atoms with Crippen LogP contribution in [0.2, 0.25) is 0 Å². The molecule has 0 aliphatic carbocycles. The summed E-state index contributed by atoms with van der Waals surface area (Å²) in [5.41, 5.74) is 0.395. The lowest BCUT2D eigenvalue weighted by Crippen LogP contribution is -2.33. The van der Waals surface area contributed by atoms with Crippen molar-refractivity contribution in [2.24, 2.45) is 0 Å². The minimum Gasteiger partial charge on any atom is -0.462 e. The molecule has 0 N–H and O–H groups in total. The zero-order valence-electron chi connectivity index (χ0n) is 12.1. The van der Waals surface area contributed by atoms with Crippen LogP contribution in [0.5, 0.6) is 0 Å². The number of carbonyl (C=O) groups is 3. The lowest BCUT2D eigenvalue weighted by atomic mass is 10.1. The van der Waals surface area contributed by atoms with Gasteiger partial charge in [0.15, 0.2) is 12.2 Å². The van der Waals surface area contributed by atoms with Gasteiger partial charge in [0.1, 0.15) is 6.61 Å². The summed E-state index contributed by atoms with van der Waals surface area (Å²) >= 11 is 0. The molecule has 0 radical (unpaired) electrons. The van der Waals surface area contributed by atoms with E-state index in [-0.39, 0.29) is 6.61 Å². The van der Waals surface area contributed by atoms with Gasteiger partial charge in [-0.15, -0.1) is 0 Å². The Hall–Kier alpha value is -2.44. The number of aromatic nitrogens is 1. The van der Waals surface area contributed by atoms with Crippen molar-refractivity contribution in [3.63, 3.8) is 0 Å². The highest BCUT2D eigenvalue weighted by Gasteiger charge is 2.31. The number of rotatable bonds is 6. The molecule has 7 heteroatoms. The van der Waals surface area contributed by atoms with E-state index in [1.807, 2.05) is 0 Å². The second kappa shape index (κ2) is 7.98. The van der Waals surface area contributed by atoms with Crippen molar-refractivity contribution in [3.05, 3.63) is 30.1 Å². The molecular formula is C14H17NO6. The fourth-order valence-corrected chi connectivity index (χ4v) is 1.65. The Bertz CT molecular complexity index is 501. The van der Waals surface area contributed by atoms with Gasteiger partial charge in [-0.3, -0.25) is 19.4 Å². The van der Waals surface area contributed by atoms with E-state index in [2.05, 4.69) is 4.98 Å². The normalized spacial score (nSPS) is 12.9. The Labute approximate surface area is 122 Å². The minimum atomic E-state index is -0.967. The largest absolute Gasteiger partial charge is 0.462 e. The fourth-order valence-electron chi connectivity index (χ4n) is 1.65. The number of ether oxygens (including phenoxy) is 3. The first-order valence-corrected chi connectivity index (χ1v) is 6.29. The summed E-state index contributed by atoms with van der Waals surface area (Å²) in [6.07, 6.45) is -0.403. The van der Waals surface area contributed by atoms with Gasteiger partial charge in [-0.1, -0.05) is 6.07 Å². The molecule has 0 aromatic carbocycles. The van der Waals surface area contributed by atoms with Crippen LogP contribution in [0.3, 0.4) is 0 Å². The van der Waals surface area contributed by atoms with Gasteiger partial charge in [0.05, 0.1) is 5.69 Å². The van der Waals surface area contributed by atoms with Gasteiger partial charge in [-0.2, -0.15) is 0 Å². The highest BCUT2D eigenvalue weighted by Crippen LogP contribution is 2.23. The highest BCUT2D eigenvalue weighted by atomic mass is 16.6. The molecule has 1 aromatic rings. The Morgan fingerprint density at radius 1 is 1.05 bits per heavy atom. The first kappa shape index (κ1) is 16.6. The predicted molar refractivity (Wildman–Crippen MR) is 70.9 cm³/mol. The number of hydrogen-bond donors (Lipinski definition) is 0. The summed E-state index contributed by atoms with van der Waals surface area (Å²) in [6.45, 7) is 3.44. The molecule has 2 atom stereocenters. The van der Waals surface area contributed by atoms with Crippen LogP contribution in [-0.2, 0) is 28.6 Å². The van der Waals surface area contributed by atoms with E-state index < -0.39 is 30.1 Å². The maximum atomic E-state index is 11.3. The molecule has 0 aliphatic rings. The van der Waals surface area contributed by atoms with E-state index in [1.165, 1.54) is 27.0 Å². The standard InChI is InChI=1S/C14H17NO6/c1-9(16)19-8-13(20-10(2)17)14(21-11(3)18)12-6-4-5-7-15-12/h4-7,13-14H,8H2,1-3H3. The van der Waals surface area contributed by atoms with Crippen LogP contribution < -0.4 is 0 Å². The molecule has 0 aliphatic heterocycles. The third-order valence-electron chi connectivity index (χ3n) is 2.38. The zero-order chi connectivity index (χ0) is 15.8. The van der Waals surface area contributed by atoms with Crippen molar-refractivity contribution in [2.45, 2.75) is 33.0 Å². The lowest BCUT2D eigenvalue weighted by Gasteiger charge is -2.25. The van der Waals surface area contributed by atoms with Crippen molar-refractivity contribution in [3.8, 4) is 0 Å². The predicted octanol–water partition coefficient (Wildman–Crippen LogP) is 1.18. The average Bonchev–Trinajstić information content (AvgIpc) is 2.41. The molecule has 21 heavy (non-hydrogen) atoms. The van der Waals surface area contributed by atoms with Gasteiger partial charge >= 0.3 is 17.9 Å². The Kier molecular flexibility index (Phi) is 6.32. The molecule has 114 valence electrons. The van der Waals surface area contributed by atoms with Crippen molar-refractivity contribution in [1.82, 2.24) is 4.98 Å². The first-order chi connectivity index (χ1) is 9.90. The molecule has 1 heterocycles. The molecule has 0 saturated carbocycles. The molecule has 1 rings (SSSR count). The smallest absolute Gasteiger partial charge is 0.303 e. The van der Waals surface area contributed by atoms with Crippen molar-refractivity contribution in [2.75, 3.05) is 6.61 Å². The van der Waals surface area contributed by atoms with Crippen LogP contribution in [0.4, 0.5) is 0 Å². The zero-order valence-corrected chi connectivity index (χ0v) is 12.1. The van der Waals surface area contributed by atoms with Gasteiger partial charge < -0.3 is 14.2 Å². The van der Waals surface area contributed by atoms with Gasteiger partial charge in [-0.05, 0) is 12.1 Å². The second-order valence-electron chi connectivity index (χ2n) is 4.24. The average molecular weight is 295 g/mol. The van der Waals surface area contributed by atoms with E-state index in [4.69, 9.17) is 14.2 Å². The fraction of sp³-hybridized carbons (Fsp3) is 0.429. The van der Waals surface area contributed by atoms with Crippen molar-refractivity contribution in [1.29, 1.82) is 0 Å². The summed E-state index contributed by atoms with van der Waals surface area (Å²) in [5.74, 6) is -1.68. The van der Waals surface area contributed by atoms with E-state index >= 15 is 0 Å². The molecule has 0 fully saturated rings. The summed E-state index contributed by atoms with van der Waals surface area (Å²) in [6, 6.07) is 5.02. The lowest BCUT2D eigenvalue weighted by molar-refractivity contribution is -0.174. The number of carbonyl (C=O) groups excluding carboxylic acids is 3. The van der Waals surface area contributed by atoms with Crippen molar-refractivity contribution < 1.29 is 28.6 Å². The third kappa shape index (κ3) is 6.03. The first-order valence-electron chi connectivity index (χ1n) is 6.29. The maximum absolute atomic E-state index is 11.3. The summed E-state index contributed by atoms with van der Waals surface area (Å²) in [5, 5.41) is 0. The maximum Gasteiger partial charge on any atom is 0.303 e. The molecule has 1 aromatic heterocycles. The number of pyridine rings is 1. The Morgan fingerprint density at radius 3 is 2.19 bits per heavy atom. The summed E-state index contributed by atoms with van der Waals surface area (Å²) in [7, 11) is 0. The van der Waals surface area contributed by atoms with Crippen LogP contribution >= 0.6 is 0 Å². The number of hydrogen-bond acceptors (Lipinski definition) is 7. The number of esters is 3. The highest BCUT2D eigenvalue weighted by molar-refractivity contribution is 5.68. The van der Waals surface area contributed by atoms with Crippen molar-refractivity contribution >= 4 is 17.9 Å². The minimum absolute atomic E-state index is 0.233. The van der Waals surface area contributed by atoms with Crippen LogP contribution in [-0.4, -0.2) is 35.6 Å². The molecule has 0 bridgehead atoms. The third-order valence-corrected chi connectivity index (χ3v) is 2.38. The SMILES string of the molecule is CC(=O)OCC(OC(C)=O)C(OC(C)=O)c1ccccn1. The molecule has 2 unspecified atom stereocenters. The van der Waals surface area contributed by atoms with Crippen LogP contribution in [0.25, 0.3) is 0 Å². The van der Waals surface area contributed by atoms with Gasteiger partial charge in [0, 0.05) is 27.0 Å². The van der Waals surface area contributed by atoms with E-state index in [0.29, 0.717) is 5.69 Å². The molecule has 0 spiro atoms. The van der Waals surface area contributed by atoms with Gasteiger partial charge in [-0.25, -0.2) is 0 Å². The van der Waals surface area contributed by atoms with Crippen LogP contribution in [0.1, 0.15) is 32.6 Å². The topological polar surface area (TPSA) is 91.8 Å². The van der Waals surface area contributed by atoms with Crippen LogP contribution in [0.15, 0.2) is 24.4 Å². The van der Waals surface area contributed by atoms with Gasteiger partial charge in [0.25, 0.3) is 0 Å². The van der Waals surface area contributed by atoms with Crippen LogP contribution in [0, 0.1) is 0 Å². The Balaban J connectivity index is 3.00. The van der Waals surface area contributed by atoms with E-state index in [1.54, 1.807) is 18.2 Å². The van der Waals surface area contributed by atoms with E-state index in [9.17, 15) is 14.4 Å². The monoisotopic (exact) mass is 295 g/mol. The molecule has 0 saturated heterocycles. The van der Waals surface area contributed by atoms with Gasteiger partial charge in [0.2, 0.25) is 0 Å². The molecule has 7 nitrogen and oxygen atoms in total. The Morgan fingerprint density at radius 2 is 1.71 bits per heavy atom. The quantitative estimate of drug-likeness (QED) is 0.574. The molecule has 0 amide bonds. The summed E-state index contributed by atoms with van der Waals surface area (Å²) in [4.78, 5) is 37.5. The second-order valence-corrected chi connectivity index (χ2v) is 4.24. The number of nitrogens with zero attached hydrogens (tertiary/aromatic N) is 1. The summed E-state index contributed by atoms with van der Waals surface area (Å²) < 4.78 is 15.1.